The summed E-state index contributed by atoms with van der Waals surface area (Å²) >= 11 is 0. The Balaban J connectivity index is -0.000000178. The predicted octanol–water partition coefficient (Wildman–Crippen LogP) is 15.3. The summed E-state index contributed by atoms with van der Waals surface area (Å²) in [7, 11) is 0. The largest absolute Gasteiger partial charge is 0.373 e. The second-order valence-corrected chi connectivity index (χ2v) is 20.6. The van der Waals surface area contributed by atoms with E-state index in [0.29, 0.717) is 42.4 Å². The molecule has 0 aromatic carbocycles. The molecule has 0 saturated heterocycles. The molecule has 0 heterocycles. The molecule has 5 nitrogen and oxygen atoms in total. The minimum atomic E-state index is 0.00366. The standard InChI is InChI=1S/C11H24O.C10H22O.2C9H20O.C8H18O/c1-7-10(8-9(2)3)12-11(4,5)6;1-7-9(8(2)3)11-10(4,5)6;1-7(2)8(3)10-9(4,5)6;1-6-8(7-2)10-9(3,4)5;1-6-7(2)9-8(3,4)5/h9-10H,7-8H2,1-6H3;8-9H,7H2,1-6H3;7-8H,1-6H3;8H,6-7H2,1-5H3;7H,6H2,1-5H3. The van der Waals surface area contributed by atoms with Gasteiger partial charge in [0.05, 0.1) is 58.5 Å². The van der Waals surface area contributed by atoms with Crippen molar-refractivity contribution in [2.45, 2.75) is 291 Å². The van der Waals surface area contributed by atoms with Crippen LogP contribution in [0.25, 0.3) is 0 Å². The highest BCUT2D eigenvalue weighted by atomic mass is 16.5. The first-order valence-corrected chi connectivity index (χ1v) is 21.4. The van der Waals surface area contributed by atoms with Crippen LogP contribution >= 0.6 is 0 Å². The van der Waals surface area contributed by atoms with E-state index in [1.165, 1.54) is 6.42 Å². The van der Waals surface area contributed by atoms with Gasteiger partial charge >= 0.3 is 0 Å². The van der Waals surface area contributed by atoms with Crippen molar-refractivity contribution in [2.75, 3.05) is 0 Å². The number of ether oxygens (including phenoxy) is 5. The van der Waals surface area contributed by atoms with E-state index in [1.807, 2.05) is 0 Å². The van der Waals surface area contributed by atoms with Crippen LogP contribution in [0.1, 0.15) is 232 Å². The fourth-order valence-corrected chi connectivity index (χ4v) is 4.80. The molecule has 0 rings (SSSR count). The van der Waals surface area contributed by atoms with Crippen LogP contribution in [-0.2, 0) is 23.7 Å². The topological polar surface area (TPSA) is 46.2 Å². The first kappa shape index (κ1) is 61.0. The van der Waals surface area contributed by atoms with Crippen molar-refractivity contribution in [3.63, 3.8) is 0 Å². The summed E-state index contributed by atoms with van der Waals surface area (Å²) in [5.41, 5.74) is 0.0658. The smallest absolute Gasteiger partial charge is 0.0602 e. The lowest BCUT2D eigenvalue weighted by molar-refractivity contribution is -0.0802. The van der Waals surface area contributed by atoms with E-state index < -0.39 is 0 Å². The molecule has 0 saturated carbocycles. The van der Waals surface area contributed by atoms with E-state index in [1.54, 1.807) is 0 Å². The van der Waals surface area contributed by atoms with E-state index in [4.69, 9.17) is 23.7 Å². The highest BCUT2D eigenvalue weighted by Crippen LogP contribution is 2.20. The van der Waals surface area contributed by atoms with E-state index in [-0.39, 0.29) is 28.0 Å². The van der Waals surface area contributed by atoms with Gasteiger partial charge in [-0.3, -0.25) is 0 Å². The van der Waals surface area contributed by atoms with Crippen molar-refractivity contribution in [3.8, 4) is 0 Å². The van der Waals surface area contributed by atoms with Crippen LogP contribution in [-0.4, -0.2) is 58.5 Å². The third-order valence-electron chi connectivity index (χ3n) is 7.40. The van der Waals surface area contributed by atoms with Gasteiger partial charge in [-0.05, 0) is 174 Å². The molecule has 0 fully saturated rings. The molecule has 0 aromatic rings. The molecular weight excluding hydrogens is 645 g/mol. The van der Waals surface area contributed by atoms with Crippen LogP contribution in [0, 0.1) is 17.8 Å². The molecule has 0 radical (unpaired) electrons. The lowest BCUT2D eigenvalue weighted by Gasteiger charge is -2.29. The van der Waals surface area contributed by atoms with Crippen molar-refractivity contribution in [2.24, 2.45) is 17.8 Å². The first-order valence-electron chi connectivity index (χ1n) is 21.4. The van der Waals surface area contributed by atoms with Crippen molar-refractivity contribution in [3.05, 3.63) is 0 Å². The van der Waals surface area contributed by atoms with Gasteiger partial charge in [0.1, 0.15) is 0 Å². The summed E-state index contributed by atoms with van der Waals surface area (Å²) in [6.45, 7) is 59.8. The maximum Gasteiger partial charge on any atom is 0.0602 e. The summed E-state index contributed by atoms with van der Waals surface area (Å²) in [5.74, 6) is 1.97. The van der Waals surface area contributed by atoms with Gasteiger partial charge in [0.25, 0.3) is 0 Å². The molecule has 4 atom stereocenters. The molecular formula is C47H104O5. The molecule has 0 aromatic heterocycles. The second kappa shape index (κ2) is 30.0. The minimum Gasteiger partial charge on any atom is -0.373 e. The van der Waals surface area contributed by atoms with Crippen LogP contribution < -0.4 is 0 Å². The summed E-state index contributed by atoms with van der Waals surface area (Å²) in [6, 6.07) is 0. The maximum absolute atomic E-state index is 5.90. The molecule has 0 spiro atoms. The molecule has 0 aliphatic rings. The van der Waals surface area contributed by atoms with Gasteiger partial charge in [0.2, 0.25) is 0 Å². The van der Waals surface area contributed by atoms with Crippen LogP contribution in [0.5, 0.6) is 0 Å². The van der Waals surface area contributed by atoms with Crippen LogP contribution in [0.2, 0.25) is 0 Å². The van der Waals surface area contributed by atoms with Gasteiger partial charge in [-0.15, -0.1) is 0 Å². The third-order valence-corrected chi connectivity index (χ3v) is 7.40. The summed E-state index contributed by atoms with van der Waals surface area (Å²) in [5, 5.41) is 0. The fraction of sp³-hybridized carbons (Fsp3) is 1.00. The zero-order valence-electron chi connectivity index (χ0n) is 41.4. The van der Waals surface area contributed by atoms with Crippen molar-refractivity contribution >= 4 is 0 Å². The zero-order valence-corrected chi connectivity index (χ0v) is 41.4. The van der Waals surface area contributed by atoms with Crippen molar-refractivity contribution in [1.29, 1.82) is 0 Å². The van der Waals surface area contributed by atoms with Gasteiger partial charge < -0.3 is 23.7 Å². The SMILES string of the molecule is CC(C)C(C)OC(C)(C)C.CCC(C)OC(C)(C)C.CCC(CC(C)C)OC(C)(C)C.CCC(CC)OC(C)(C)C.CCC(OC(C)(C)C)C(C)C. The molecule has 0 N–H and O–H groups in total. The number of hydrogen-bond acceptors (Lipinski definition) is 5. The predicted molar refractivity (Wildman–Crippen MR) is 235 cm³/mol. The van der Waals surface area contributed by atoms with Crippen molar-refractivity contribution in [1.82, 2.24) is 0 Å². The summed E-state index contributed by atoms with van der Waals surface area (Å²) in [4.78, 5) is 0. The Morgan fingerprint density at radius 2 is 0.673 bits per heavy atom. The average molecular weight is 749 g/mol. The van der Waals surface area contributed by atoms with Crippen LogP contribution in [0.15, 0.2) is 0 Å². The highest BCUT2D eigenvalue weighted by molar-refractivity contribution is 4.69. The number of hydrogen-bond donors (Lipinski definition) is 0. The zero-order chi connectivity index (χ0) is 42.9. The Morgan fingerprint density at radius 3 is 0.808 bits per heavy atom. The lowest BCUT2D eigenvalue weighted by atomic mass is 10.0. The molecule has 4 unspecified atom stereocenters. The maximum atomic E-state index is 5.90. The van der Waals surface area contributed by atoms with Crippen molar-refractivity contribution < 1.29 is 23.7 Å². The average Bonchev–Trinajstić information content (AvgIpc) is 2.91. The number of rotatable bonds is 14. The highest BCUT2D eigenvalue weighted by Gasteiger charge is 2.20. The molecule has 0 aliphatic heterocycles. The monoisotopic (exact) mass is 749 g/mol. The van der Waals surface area contributed by atoms with E-state index >= 15 is 0 Å². The van der Waals surface area contributed by atoms with Crippen LogP contribution in [0.4, 0.5) is 0 Å². The van der Waals surface area contributed by atoms with Gasteiger partial charge in [-0.2, -0.15) is 0 Å². The Labute approximate surface area is 331 Å². The Bertz CT molecular complexity index is 735. The first-order chi connectivity index (χ1) is 23.0. The van der Waals surface area contributed by atoms with Gasteiger partial charge in [-0.1, -0.05) is 76.2 Å². The Morgan fingerprint density at radius 1 is 0.346 bits per heavy atom. The normalized spacial score (nSPS) is 15.0. The fourth-order valence-electron chi connectivity index (χ4n) is 4.80. The van der Waals surface area contributed by atoms with Gasteiger partial charge in [0, 0.05) is 0 Å². The molecule has 0 bridgehead atoms. The van der Waals surface area contributed by atoms with E-state index in [9.17, 15) is 0 Å². The van der Waals surface area contributed by atoms with E-state index in [0.717, 1.165) is 38.0 Å². The minimum absolute atomic E-state index is 0.00366. The third kappa shape index (κ3) is 54.1. The Hall–Kier alpha value is -0.200. The van der Waals surface area contributed by atoms with Gasteiger partial charge in [-0.25, -0.2) is 0 Å². The molecule has 0 amide bonds. The molecule has 0 aliphatic carbocycles. The second-order valence-electron chi connectivity index (χ2n) is 20.6. The Kier molecular flexibility index (Phi) is 35.2. The van der Waals surface area contributed by atoms with Crippen LogP contribution in [0.3, 0.4) is 0 Å². The van der Waals surface area contributed by atoms with E-state index in [2.05, 4.69) is 194 Å². The van der Waals surface area contributed by atoms with Gasteiger partial charge in [0.15, 0.2) is 0 Å². The molecule has 322 valence electrons. The summed E-state index contributed by atoms with van der Waals surface area (Å²) in [6.07, 6.45) is 8.78. The quantitative estimate of drug-likeness (QED) is 0.177. The summed E-state index contributed by atoms with van der Waals surface area (Å²) < 4.78 is 28.8. The molecule has 52 heavy (non-hydrogen) atoms. The lowest BCUT2D eigenvalue weighted by Crippen LogP contribution is -2.30. The molecule has 5 heteroatoms.